The predicted molar refractivity (Wildman–Crippen MR) is 112 cm³/mol. The number of alkyl halides is 2. The number of aromatic nitrogens is 2. The van der Waals surface area contributed by atoms with Gasteiger partial charge in [0.15, 0.2) is 0 Å². The minimum atomic E-state index is -2.81. The highest BCUT2D eigenvalue weighted by Gasteiger charge is 2.36. The van der Waals surface area contributed by atoms with Gasteiger partial charge in [-0.3, -0.25) is 4.79 Å². The van der Waals surface area contributed by atoms with Crippen LogP contribution in [0.15, 0.2) is 48.8 Å². The van der Waals surface area contributed by atoms with Gasteiger partial charge in [0.25, 0.3) is 5.92 Å². The Labute approximate surface area is 173 Å². The van der Waals surface area contributed by atoms with E-state index in [1.807, 2.05) is 30.3 Å². The first kappa shape index (κ1) is 19.8. The number of benzene rings is 2. The Morgan fingerprint density at radius 3 is 2.90 bits per heavy atom. The number of carbonyl (C=O) groups is 1. The molecule has 1 saturated heterocycles. The van der Waals surface area contributed by atoms with E-state index < -0.39 is 12.5 Å². The van der Waals surface area contributed by atoms with Gasteiger partial charge in [0.05, 0.1) is 18.5 Å². The van der Waals surface area contributed by atoms with Crippen molar-refractivity contribution in [2.24, 2.45) is 0 Å². The van der Waals surface area contributed by atoms with E-state index in [1.54, 1.807) is 12.1 Å². The van der Waals surface area contributed by atoms with Crippen molar-refractivity contribution in [3.8, 4) is 12.3 Å². The van der Waals surface area contributed by atoms with Gasteiger partial charge in [-0.05, 0) is 42.3 Å². The lowest BCUT2D eigenvalue weighted by atomic mass is 10.0. The molecule has 0 spiro atoms. The summed E-state index contributed by atoms with van der Waals surface area (Å²) in [7, 11) is 0. The zero-order chi connectivity index (χ0) is 21.1. The second-order valence-corrected chi connectivity index (χ2v) is 7.38. The number of rotatable bonds is 4. The zero-order valence-corrected chi connectivity index (χ0v) is 16.2. The first-order valence-corrected chi connectivity index (χ1v) is 9.66. The normalized spacial score (nSPS) is 15.6. The molecular weight excluding hydrogens is 386 g/mol. The van der Waals surface area contributed by atoms with Gasteiger partial charge in [0, 0.05) is 29.6 Å². The molecule has 0 saturated carbocycles. The van der Waals surface area contributed by atoms with E-state index in [0.29, 0.717) is 24.3 Å². The van der Waals surface area contributed by atoms with Crippen molar-refractivity contribution in [2.75, 3.05) is 18.4 Å². The molecule has 30 heavy (non-hydrogen) atoms. The van der Waals surface area contributed by atoms with E-state index in [4.69, 9.17) is 6.42 Å². The van der Waals surface area contributed by atoms with Gasteiger partial charge >= 0.3 is 0 Å². The fourth-order valence-electron chi connectivity index (χ4n) is 3.60. The summed E-state index contributed by atoms with van der Waals surface area (Å²) in [5, 5.41) is 3.97. The van der Waals surface area contributed by atoms with Gasteiger partial charge in [-0.1, -0.05) is 18.1 Å². The van der Waals surface area contributed by atoms with Crippen LogP contribution in [-0.4, -0.2) is 39.8 Å². The van der Waals surface area contributed by atoms with Crippen LogP contribution in [0.1, 0.15) is 24.0 Å². The average molecular weight is 406 g/mol. The molecule has 0 radical (unpaired) electrons. The minimum absolute atomic E-state index is 0.0485. The van der Waals surface area contributed by atoms with E-state index >= 15 is 0 Å². The van der Waals surface area contributed by atoms with Crippen LogP contribution in [0, 0.1) is 12.3 Å². The van der Waals surface area contributed by atoms with Crippen LogP contribution in [0.2, 0.25) is 0 Å². The molecule has 5 nitrogen and oxygen atoms in total. The molecule has 2 aromatic carbocycles. The van der Waals surface area contributed by atoms with Crippen molar-refractivity contribution in [2.45, 2.75) is 25.2 Å². The SMILES string of the molecule is C#Cc1cccc(Nc2ncnc3ccc(CC(=O)N4CCCC(F)(F)C4)cc23)c1. The Bertz CT molecular complexity index is 1140. The van der Waals surface area contributed by atoms with Crippen molar-refractivity contribution in [1.82, 2.24) is 14.9 Å². The topological polar surface area (TPSA) is 58.1 Å². The molecule has 1 aromatic heterocycles. The van der Waals surface area contributed by atoms with E-state index in [1.165, 1.54) is 11.2 Å². The fourth-order valence-corrected chi connectivity index (χ4v) is 3.60. The van der Waals surface area contributed by atoms with Crippen LogP contribution in [0.25, 0.3) is 10.9 Å². The number of anilines is 2. The number of carbonyl (C=O) groups excluding carboxylic acids is 1. The molecule has 1 fully saturated rings. The molecule has 0 atom stereocenters. The lowest BCUT2D eigenvalue weighted by molar-refractivity contribution is -0.140. The summed E-state index contributed by atoms with van der Waals surface area (Å²) in [4.78, 5) is 22.4. The minimum Gasteiger partial charge on any atom is -0.340 e. The number of halogens is 2. The quantitative estimate of drug-likeness (QED) is 0.661. The van der Waals surface area contributed by atoms with Gasteiger partial charge in [-0.2, -0.15) is 0 Å². The number of fused-ring (bicyclic) bond motifs is 1. The zero-order valence-electron chi connectivity index (χ0n) is 16.2. The molecule has 1 aliphatic heterocycles. The number of piperidine rings is 1. The third-order valence-electron chi connectivity index (χ3n) is 5.09. The van der Waals surface area contributed by atoms with Crippen molar-refractivity contribution < 1.29 is 13.6 Å². The van der Waals surface area contributed by atoms with Crippen LogP contribution in [0.4, 0.5) is 20.3 Å². The number of nitrogens with one attached hydrogen (secondary N) is 1. The van der Waals surface area contributed by atoms with Crippen LogP contribution in [0.5, 0.6) is 0 Å². The molecule has 0 unspecified atom stereocenters. The summed E-state index contributed by atoms with van der Waals surface area (Å²) in [6.45, 7) is -0.149. The number of hydrogen-bond acceptors (Lipinski definition) is 4. The molecule has 0 aliphatic carbocycles. The smallest absolute Gasteiger partial charge is 0.265 e. The first-order valence-electron chi connectivity index (χ1n) is 9.66. The average Bonchev–Trinajstić information content (AvgIpc) is 2.73. The Kier molecular flexibility index (Phi) is 5.32. The third kappa shape index (κ3) is 4.38. The fraction of sp³-hybridized carbons (Fsp3) is 0.261. The molecule has 3 aromatic rings. The van der Waals surface area contributed by atoms with Gasteiger partial charge in [-0.25, -0.2) is 18.7 Å². The Balaban J connectivity index is 1.58. The molecule has 1 amide bonds. The third-order valence-corrected chi connectivity index (χ3v) is 5.09. The van der Waals surface area contributed by atoms with Crippen LogP contribution in [-0.2, 0) is 11.2 Å². The summed E-state index contributed by atoms with van der Waals surface area (Å²) < 4.78 is 27.3. The summed E-state index contributed by atoms with van der Waals surface area (Å²) in [5.41, 5.74) is 2.95. The summed E-state index contributed by atoms with van der Waals surface area (Å²) in [6, 6.07) is 12.8. The second-order valence-electron chi connectivity index (χ2n) is 7.38. The molecule has 1 aliphatic rings. The number of hydrogen-bond donors (Lipinski definition) is 1. The van der Waals surface area contributed by atoms with Crippen molar-refractivity contribution in [3.05, 3.63) is 59.9 Å². The molecule has 152 valence electrons. The van der Waals surface area contributed by atoms with Crippen molar-refractivity contribution >= 4 is 28.3 Å². The molecule has 4 rings (SSSR count). The van der Waals surface area contributed by atoms with Crippen LogP contribution < -0.4 is 5.32 Å². The van der Waals surface area contributed by atoms with Crippen LogP contribution >= 0.6 is 0 Å². The Hall–Kier alpha value is -3.53. The first-order chi connectivity index (χ1) is 14.4. The van der Waals surface area contributed by atoms with E-state index in [0.717, 1.165) is 22.2 Å². The van der Waals surface area contributed by atoms with Crippen molar-refractivity contribution in [3.63, 3.8) is 0 Å². The van der Waals surface area contributed by atoms with Crippen molar-refractivity contribution in [1.29, 1.82) is 0 Å². The molecule has 2 heterocycles. The van der Waals surface area contributed by atoms with Gasteiger partial charge < -0.3 is 10.2 Å². The van der Waals surface area contributed by atoms with E-state index in [9.17, 15) is 13.6 Å². The van der Waals surface area contributed by atoms with E-state index in [-0.39, 0.29) is 18.7 Å². The number of amides is 1. The Morgan fingerprint density at radius 1 is 1.23 bits per heavy atom. The van der Waals surface area contributed by atoms with E-state index in [2.05, 4.69) is 21.2 Å². The largest absolute Gasteiger partial charge is 0.340 e. The predicted octanol–water partition coefficient (Wildman–Crippen LogP) is 4.15. The summed E-state index contributed by atoms with van der Waals surface area (Å²) in [5.74, 6) is 0.0522. The number of likely N-dealkylation sites (tertiary alicyclic amines) is 1. The lowest BCUT2D eigenvalue weighted by Crippen LogP contribution is -2.46. The number of nitrogens with zero attached hydrogens (tertiary/aromatic N) is 3. The highest BCUT2D eigenvalue weighted by Crippen LogP contribution is 2.28. The van der Waals surface area contributed by atoms with Crippen LogP contribution in [0.3, 0.4) is 0 Å². The van der Waals surface area contributed by atoms with Gasteiger partial charge in [-0.15, -0.1) is 6.42 Å². The summed E-state index contributed by atoms with van der Waals surface area (Å²) >= 11 is 0. The highest BCUT2D eigenvalue weighted by molar-refractivity contribution is 5.92. The number of terminal acetylenes is 1. The maximum absolute atomic E-state index is 13.6. The molecular formula is C23H20F2N4O. The summed E-state index contributed by atoms with van der Waals surface area (Å²) in [6.07, 6.45) is 7.11. The maximum Gasteiger partial charge on any atom is 0.265 e. The molecule has 7 heteroatoms. The second kappa shape index (κ2) is 8.07. The molecule has 0 bridgehead atoms. The Morgan fingerprint density at radius 2 is 2.10 bits per heavy atom. The highest BCUT2D eigenvalue weighted by atomic mass is 19.3. The molecule has 1 N–H and O–H groups in total. The standard InChI is InChI=1S/C23H20F2N4O/c1-2-16-5-3-6-18(11-16)28-22-19-12-17(7-8-20(19)26-15-27-22)13-21(30)29-10-4-9-23(24,25)14-29/h1,3,5-8,11-12,15H,4,9-10,13-14H2,(H,26,27,28). The maximum atomic E-state index is 13.6. The monoisotopic (exact) mass is 406 g/mol. The van der Waals surface area contributed by atoms with Gasteiger partial charge in [0.2, 0.25) is 5.91 Å². The van der Waals surface area contributed by atoms with Gasteiger partial charge in [0.1, 0.15) is 12.1 Å². The lowest BCUT2D eigenvalue weighted by Gasteiger charge is -2.32.